The van der Waals surface area contributed by atoms with Crippen LogP contribution in [0, 0.1) is 17.8 Å². The van der Waals surface area contributed by atoms with Crippen LogP contribution >= 0.6 is 0 Å². The molecule has 0 aliphatic carbocycles. The first-order valence-corrected chi connectivity index (χ1v) is 8.26. The van der Waals surface area contributed by atoms with E-state index in [1.807, 2.05) is 45.9 Å². The molecule has 1 rings (SSSR count). The molecule has 0 saturated carbocycles. The van der Waals surface area contributed by atoms with E-state index in [1.54, 1.807) is 0 Å². The van der Waals surface area contributed by atoms with Crippen LogP contribution in [0.25, 0.3) is 0 Å². The van der Waals surface area contributed by atoms with E-state index in [0.29, 0.717) is 6.42 Å². The van der Waals surface area contributed by atoms with E-state index in [1.165, 1.54) is 6.08 Å². The normalized spacial score (nSPS) is 27.5. The second-order valence-corrected chi connectivity index (χ2v) is 6.34. The Morgan fingerprint density at radius 2 is 2.05 bits per heavy atom. The number of aliphatic hydroxyl groups is 2. The number of aliphatic hydroxyl groups excluding tert-OH is 2. The van der Waals surface area contributed by atoms with E-state index in [-0.39, 0.29) is 29.8 Å². The fraction of sp³-hybridized carbons (Fsp3) is 0.722. The van der Waals surface area contributed by atoms with Crippen LogP contribution in [0.2, 0.25) is 0 Å². The Labute approximate surface area is 133 Å². The summed E-state index contributed by atoms with van der Waals surface area (Å²) in [7, 11) is 0. The highest BCUT2D eigenvalue weighted by atomic mass is 16.5. The third-order valence-corrected chi connectivity index (χ3v) is 4.64. The van der Waals surface area contributed by atoms with Crippen LogP contribution in [0.15, 0.2) is 24.3 Å². The standard InChI is InChI=1S/C18H30O4/c1-5-7-8-12(3)18(21)13(4)15(19)11-16-14(6-2)9-10-17(20)22-16/h5,7,9-10,12-16,18-19,21H,6,8,11H2,1-4H3/t12-,13-,14+,15+,16+,18+/m0/s1. The van der Waals surface area contributed by atoms with Crippen molar-refractivity contribution in [3.8, 4) is 0 Å². The van der Waals surface area contributed by atoms with Gasteiger partial charge in [0.1, 0.15) is 6.10 Å². The van der Waals surface area contributed by atoms with Crippen LogP contribution in [0.1, 0.15) is 47.0 Å². The molecular weight excluding hydrogens is 280 g/mol. The average molecular weight is 310 g/mol. The lowest BCUT2D eigenvalue weighted by Crippen LogP contribution is -2.39. The Morgan fingerprint density at radius 3 is 2.64 bits per heavy atom. The number of allylic oxidation sites excluding steroid dienone is 2. The summed E-state index contributed by atoms with van der Waals surface area (Å²) < 4.78 is 5.34. The number of ether oxygens (including phenoxy) is 1. The quantitative estimate of drug-likeness (QED) is 0.534. The van der Waals surface area contributed by atoms with Crippen LogP contribution in [0.4, 0.5) is 0 Å². The largest absolute Gasteiger partial charge is 0.458 e. The molecule has 0 spiro atoms. The number of rotatable bonds is 8. The number of carbonyl (C=O) groups is 1. The molecule has 126 valence electrons. The lowest BCUT2D eigenvalue weighted by molar-refractivity contribution is -0.149. The maximum atomic E-state index is 11.4. The summed E-state index contributed by atoms with van der Waals surface area (Å²) in [4.78, 5) is 11.4. The van der Waals surface area contributed by atoms with Crippen LogP contribution in [0.3, 0.4) is 0 Å². The maximum Gasteiger partial charge on any atom is 0.330 e. The Bertz CT molecular complexity index is 402. The summed E-state index contributed by atoms with van der Waals surface area (Å²) in [6, 6.07) is 0. The molecule has 0 amide bonds. The highest BCUT2D eigenvalue weighted by molar-refractivity contribution is 5.82. The van der Waals surface area contributed by atoms with Gasteiger partial charge in [0.15, 0.2) is 0 Å². The van der Waals surface area contributed by atoms with Gasteiger partial charge in [-0.2, -0.15) is 0 Å². The number of hydrogen-bond donors (Lipinski definition) is 2. The maximum absolute atomic E-state index is 11.4. The molecule has 0 aromatic carbocycles. The molecule has 6 atom stereocenters. The monoisotopic (exact) mass is 310 g/mol. The van der Waals surface area contributed by atoms with Gasteiger partial charge >= 0.3 is 5.97 Å². The number of cyclic esters (lactones) is 1. The molecule has 2 N–H and O–H groups in total. The van der Waals surface area contributed by atoms with Crippen molar-refractivity contribution in [2.24, 2.45) is 17.8 Å². The van der Waals surface area contributed by atoms with Crippen molar-refractivity contribution in [3.63, 3.8) is 0 Å². The van der Waals surface area contributed by atoms with Gasteiger partial charge in [0.05, 0.1) is 12.2 Å². The average Bonchev–Trinajstić information content (AvgIpc) is 2.51. The second kappa shape index (κ2) is 9.11. The molecule has 0 bridgehead atoms. The van der Waals surface area contributed by atoms with E-state index in [0.717, 1.165) is 12.8 Å². The van der Waals surface area contributed by atoms with E-state index >= 15 is 0 Å². The Balaban J connectivity index is 2.60. The van der Waals surface area contributed by atoms with Crippen LogP contribution in [0.5, 0.6) is 0 Å². The molecule has 0 radical (unpaired) electrons. The number of hydrogen-bond acceptors (Lipinski definition) is 4. The summed E-state index contributed by atoms with van der Waals surface area (Å²) in [5, 5.41) is 20.8. The fourth-order valence-electron chi connectivity index (χ4n) is 2.91. The molecular formula is C18H30O4. The van der Waals surface area contributed by atoms with Gasteiger partial charge in [0.2, 0.25) is 0 Å². The first-order valence-electron chi connectivity index (χ1n) is 8.26. The lowest BCUT2D eigenvalue weighted by Gasteiger charge is -2.33. The molecule has 4 nitrogen and oxygen atoms in total. The van der Waals surface area contributed by atoms with Crippen molar-refractivity contribution in [3.05, 3.63) is 24.3 Å². The smallest absolute Gasteiger partial charge is 0.330 e. The Hall–Kier alpha value is -1.13. The molecule has 22 heavy (non-hydrogen) atoms. The molecule has 1 aliphatic rings. The number of carbonyl (C=O) groups excluding carboxylic acids is 1. The second-order valence-electron chi connectivity index (χ2n) is 6.34. The Morgan fingerprint density at radius 1 is 1.36 bits per heavy atom. The van der Waals surface area contributed by atoms with Gasteiger partial charge in [-0.3, -0.25) is 0 Å². The molecule has 0 unspecified atom stereocenters. The van der Waals surface area contributed by atoms with Crippen molar-refractivity contribution < 1.29 is 19.7 Å². The van der Waals surface area contributed by atoms with Gasteiger partial charge in [0.25, 0.3) is 0 Å². The molecule has 0 saturated heterocycles. The molecule has 0 fully saturated rings. The predicted molar refractivity (Wildman–Crippen MR) is 87.2 cm³/mol. The predicted octanol–water partition coefficient (Wildman–Crippen LogP) is 2.84. The minimum absolute atomic E-state index is 0.0802. The lowest BCUT2D eigenvalue weighted by atomic mass is 9.83. The van der Waals surface area contributed by atoms with Gasteiger partial charge < -0.3 is 14.9 Å². The van der Waals surface area contributed by atoms with E-state index < -0.39 is 12.2 Å². The zero-order valence-electron chi connectivity index (χ0n) is 14.1. The van der Waals surface area contributed by atoms with Crippen LogP contribution in [-0.4, -0.2) is 34.5 Å². The minimum Gasteiger partial charge on any atom is -0.458 e. The van der Waals surface area contributed by atoms with Crippen molar-refractivity contribution in [1.82, 2.24) is 0 Å². The molecule has 1 aliphatic heterocycles. The summed E-state index contributed by atoms with van der Waals surface area (Å²) in [6.45, 7) is 7.81. The zero-order valence-corrected chi connectivity index (χ0v) is 14.1. The number of esters is 1. The molecule has 4 heteroatoms. The van der Waals surface area contributed by atoms with E-state index in [2.05, 4.69) is 0 Å². The van der Waals surface area contributed by atoms with Crippen molar-refractivity contribution in [1.29, 1.82) is 0 Å². The first kappa shape index (κ1) is 18.9. The summed E-state index contributed by atoms with van der Waals surface area (Å²) in [5.41, 5.74) is 0. The van der Waals surface area contributed by atoms with E-state index in [9.17, 15) is 15.0 Å². The van der Waals surface area contributed by atoms with Crippen molar-refractivity contribution in [2.45, 2.75) is 65.3 Å². The van der Waals surface area contributed by atoms with Gasteiger partial charge in [-0.05, 0) is 25.7 Å². The van der Waals surface area contributed by atoms with E-state index in [4.69, 9.17) is 4.74 Å². The first-order chi connectivity index (χ1) is 10.4. The van der Waals surface area contributed by atoms with Gasteiger partial charge in [-0.1, -0.05) is 39.0 Å². The topological polar surface area (TPSA) is 66.8 Å². The van der Waals surface area contributed by atoms with Crippen LogP contribution in [-0.2, 0) is 9.53 Å². The van der Waals surface area contributed by atoms with Gasteiger partial charge in [-0.25, -0.2) is 4.79 Å². The highest BCUT2D eigenvalue weighted by Crippen LogP contribution is 2.27. The summed E-state index contributed by atoms with van der Waals surface area (Å²) in [5.74, 6) is -0.396. The molecule has 0 aromatic rings. The van der Waals surface area contributed by atoms with Gasteiger partial charge in [-0.15, -0.1) is 0 Å². The fourth-order valence-corrected chi connectivity index (χ4v) is 2.91. The minimum atomic E-state index is -0.693. The third-order valence-electron chi connectivity index (χ3n) is 4.64. The third kappa shape index (κ3) is 5.25. The summed E-state index contributed by atoms with van der Waals surface area (Å²) in [6.07, 6.45) is 7.72. The van der Waals surface area contributed by atoms with Crippen molar-refractivity contribution in [2.75, 3.05) is 0 Å². The zero-order chi connectivity index (χ0) is 16.7. The molecule has 0 aromatic heterocycles. The summed E-state index contributed by atoms with van der Waals surface area (Å²) >= 11 is 0. The van der Waals surface area contributed by atoms with Crippen LogP contribution < -0.4 is 0 Å². The van der Waals surface area contributed by atoms with Gasteiger partial charge in [0, 0.05) is 24.3 Å². The molecule has 1 heterocycles. The Kier molecular flexibility index (Phi) is 7.83. The highest BCUT2D eigenvalue weighted by Gasteiger charge is 2.32. The SMILES string of the molecule is CC=CC[C@H](C)[C@@H](O)[C@@H](C)[C@H](O)C[C@H]1OC(=O)C=C[C@H]1CC. The van der Waals surface area contributed by atoms with Crippen molar-refractivity contribution >= 4 is 5.97 Å².